The van der Waals surface area contributed by atoms with Gasteiger partial charge in [0.15, 0.2) is 6.10 Å². The molecule has 524 valence electrons. The van der Waals surface area contributed by atoms with Crippen LogP contribution in [0.5, 0.6) is 0 Å². The van der Waals surface area contributed by atoms with Crippen LogP contribution in [0.4, 0.5) is 15.3 Å². The van der Waals surface area contributed by atoms with Crippen LogP contribution in [-0.4, -0.2) is 175 Å². The van der Waals surface area contributed by atoms with Gasteiger partial charge in [-0.2, -0.15) is 0 Å². The smallest absolute Gasteiger partial charge is 0.407 e. The highest BCUT2D eigenvalue weighted by atomic mass is 32.1. The lowest BCUT2D eigenvalue weighted by molar-refractivity contribution is -0.141. The van der Waals surface area contributed by atoms with E-state index in [1.165, 1.54) is 19.4 Å². The second-order valence-electron chi connectivity index (χ2n) is 26.7. The fraction of sp³-hybridized carbons (Fsp3) is 0.712. The Labute approximate surface area is 554 Å². The SMILES string of the molecule is CCC(C)C(NC(=O)C1CCCCN1C)C(=O)N(C)C(CC(OC(=O)NC)c1nc(C(=O)NC(Cc2ccc(NC(=O)C(CCCNC(N)=O)NC(=O)C(NC(=O)C(C)(C)CCOC(C)(C)CCNC(=O)CCCCCN)C(C)C)cc2)CC(C)C(=O)O)cs1)C(C)C. The molecule has 0 spiro atoms. The number of ether oxygens (including phenoxy) is 2. The van der Waals surface area contributed by atoms with Crippen molar-refractivity contribution in [2.24, 2.45) is 40.6 Å². The van der Waals surface area contributed by atoms with Crippen LogP contribution in [0.1, 0.15) is 193 Å². The van der Waals surface area contributed by atoms with Crippen LogP contribution in [0.15, 0.2) is 29.6 Å². The summed E-state index contributed by atoms with van der Waals surface area (Å²) in [5.74, 6) is -5.40. The molecule has 27 heteroatoms. The van der Waals surface area contributed by atoms with E-state index in [2.05, 4.69) is 47.5 Å². The largest absolute Gasteiger partial charge is 0.481 e. The lowest BCUT2D eigenvalue weighted by Crippen LogP contribution is -2.58. The van der Waals surface area contributed by atoms with E-state index in [9.17, 15) is 53.1 Å². The second-order valence-corrected chi connectivity index (χ2v) is 27.6. The van der Waals surface area contributed by atoms with E-state index in [1.807, 2.05) is 53.5 Å². The first-order chi connectivity index (χ1) is 43.7. The van der Waals surface area contributed by atoms with E-state index in [0.717, 1.165) is 50.0 Å². The number of unbranched alkanes of at least 4 members (excludes halogenated alkanes) is 2. The number of piperidine rings is 1. The number of carboxylic acid groups (broad SMARTS) is 1. The number of nitrogens with zero attached hydrogens (tertiary/aromatic N) is 3. The highest BCUT2D eigenvalue weighted by molar-refractivity contribution is 7.09. The molecule has 9 unspecified atom stereocenters. The number of anilines is 1. The standard InChI is InChI=1S/C66H111N13O13S/c1-15-42(6)54(76-57(83)49-23-18-20-34-78(49)13)60(85)79(14)50(40(2)3)38-51(92-64(90)69-12)59-75-48(39-93-59)56(82)73-46(36-43(7)61(86)87)37-44-25-27-45(28-26-44)72-55(81)47(22-21-32-71-63(68)89)74-58(84)53(41(4)5)77-62(88)65(8,9)30-35-91-66(10,11)29-33-70-52(80)24-17-16-19-31-67/h25-28,39-43,46-47,49-51,53-54H,15-24,29-38,67H2,1-14H3,(H,69,90)(H,70,80)(H,72,81)(H,73,82)(H,74,84)(H,76,83)(H,77,88)(H,86,87)(H3,68,71,89). The number of nitrogens with two attached hydrogens (primary N) is 2. The quantitative estimate of drug-likeness (QED) is 0.0334. The van der Waals surface area contributed by atoms with Crippen LogP contribution >= 0.6 is 11.3 Å². The summed E-state index contributed by atoms with van der Waals surface area (Å²) in [6, 6.07) is 1.33. The number of likely N-dealkylation sites (tertiary alicyclic amines) is 1. The van der Waals surface area contributed by atoms with Gasteiger partial charge in [-0.05, 0) is 134 Å². The maximum Gasteiger partial charge on any atom is 0.407 e. The molecule has 1 aliphatic rings. The number of alkyl carbamates (subject to hydrolysis) is 1. The maximum atomic E-state index is 14.5. The minimum atomic E-state index is -1.13. The van der Waals surface area contributed by atoms with Crippen LogP contribution < -0.4 is 54.0 Å². The third-order valence-electron chi connectivity index (χ3n) is 17.3. The summed E-state index contributed by atoms with van der Waals surface area (Å²) in [6.07, 6.45) is 5.95. The van der Waals surface area contributed by atoms with Gasteiger partial charge >= 0.3 is 18.1 Å². The number of amides is 10. The van der Waals surface area contributed by atoms with Crippen molar-refractivity contribution in [3.05, 3.63) is 45.9 Å². The van der Waals surface area contributed by atoms with E-state index >= 15 is 0 Å². The van der Waals surface area contributed by atoms with Gasteiger partial charge in [0, 0.05) is 75.2 Å². The van der Waals surface area contributed by atoms with Crippen molar-refractivity contribution in [1.82, 2.24) is 52.0 Å². The zero-order valence-electron chi connectivity index (χ0n) is 57.6. The molecular weight excluding hydrogens is 1210 g/mol. The Hall–Kier alpha value is -6.97. The van der Waals surface area contributed by atoms with Gasteiger partial charge < -0.3 is 73.5 Å². The third kappa shape index (κ3) is 27.9. The number of aliphatic carboxylic acids is 1. The molecule has 10 amide bonds. The van der Waals surface area contributed by atoms with Gasteiger partial charge in [0.25, 0.3) is 5.91 Å². The lowest BCUT2D eigenvalue weighted by Gasteiger charge is -2.38. The van der Waals surface area contributed by atoms with Gasteiger partial charge in [-0.3, -0.25) is 43.3 Å². The Morgan fingerprint density at radius 1 is 0.828 bits per heavy atom. The fourth-order valence-electron chi connectivity index (χ4n) is 10.8. The van der Waals surface area contributed by atoms with Gasteiger partial charge in [0.2, 0.25) is 35.4 Å². The van der Waals surface area contributed by atoms with E-state index in [0.29, 0.717) is 56.4 Å². The highest BCUT2D eigenvalue weighted by Crippen LogP contribution is 2.32. The molecule has 26 nitrogen and oxygen atoms in total. The molecule has 9 atom stereocenters. The van der Waals surface area contributed by atoms with Crippen molar-refractivity contribution in [2.45, 2.75) is 220 Å². The summed E-state index contributed by atoms with van der Waals surface area (Å²) < 4.78 is 12.1. The topological polar surface area (TPSA) is 377 Å². The number of urea groups is 1. The third-order valence-corrected chi connectivity index (χ3v) is 18.3. The Bertz CT molecular complexity index is 2740. The number of hydrogen-bond donors (Lipinski definition) is 11. The van der Waals surface area contributed by atoms with Gasteiger partial charge in [0.1, 0.15) is 28.8 Å². The molecule has 0 saturated carbocycles. The molecule has 1 fully saturated rings. The molecule has 1 saturated heterocycles. The Morgan fingerprint density at radius 2 is 1.52 bits per heavy atom. The van der Waals surface area contributed by atoms with Crippen LogP contribution in [0, 0.1) is 29.1 Å². The van der Waals surface area contributed by atoms with Gasteiger partial charge in [-0.15, -0.1) is 11.3 Å². The molecule has 1 aromatic heterocycles. The molecule has 2 aromatic rings. The molecule has 2 heterocycles. The van der Waals surface area contributed by atoms with Crippen molar-refractivity contribution in [2.75, 3.05) is 59.2 Å². The highest BCUT2D eigenvalue weighted by Gasteiger charge is 2.39. The lowest BCUT2D eigenvalue weighted by atomic mass is 9.87. The average Bonchev–Trinajstić information content (AvgIpc) is 1.85. The maximum absolute atomic E-state index is 14.5. The first-order valence-corrected chi connectivity index (χ1v) is 33.9. The summed E-state index contributed by atoms with van der Waals surface area (Å²) in [5, 5.41) is 34.3. The van der Waals surface area contributed by atoms with E-state index < -0.39 is 101 Å². The van der Waals surface area contributed by atoms with Gasteiger partial charge in [0.05, 0.1) is 17.6 Å². The summed E-state index contributed by atoms with van der Waals surface area (Å²) in [4.78, 5) is 141. The zero-order valence-corrected chi connectivity index (χ0v) is 58.4. The number of likely N-dealkylation sites (N-methyl/N-ethyl adjacent to an activating group) is 2. The van der Waals surface area contributed by atoms with Gasteiger partial charge in [-0.1, -0.05) is 93.7 Å². The molecule has 13 N–H and O–H groups in total. The average molecular weight is 1330 g/mol. The molecular formula is C66H111N13O13S. The number of carbonyl (C=O) groups excluding carboxylic acids is 9. The Kier molecular flexibility index (Phi) is 34.2. The summed E-state index contributed by atoms with van der Waals surface area (Å²) in [7, 11) is 5.00. The van der Waals surface area contributed by atoms with E-state index in [-0.39, 0.29) is 91.6 Å². The number of hydrogen-bond acceptors (Lipinski definition) is 16. The number of benzene rings is 1. The summed E-state index contributed by atoms with van der Waals surface area (Å²) in [5.41, 5.74) is 10.3. The number of aromatic nitrogens is 1. The predicted octanol–water partition coefficient (Wildman–Crippen LogP) is 6.13. The predicted molar refractivity (Wildman–Crippen MR) is 359 cm³/mol. The monoisotopic (exact) mass is 1330 g/mol. The van der Waals surface area contributed by atoms with Crippen LogP contribution in [-0.2, 0) is 49.5 Å². The number of carboxylic acids is 1. The van der Waals surface area contributed by atoms with Crippen molar-refractivity contribution in [3.8, 4) is 0 Å². The zero-order chi connectivity index (χ0) is 69.8. The minimum Gasteiger partial charge on any atom is -0.481 e. The normalized spacial score (nSPS) is 16.2. The van der Waals surface area contributed by atoms with Crippen molar-refractivity contribution in [1.29, 1.82) is 0 Å². The van der Waals surface area contributed by atoms with E-state index in [4.69, 9.17) is 20.9 Å². The number of nitrogens with one attached hydrogen (secondary N) is 8. The molecule has 3 rings (SSSR count). The molecule has 93 heavy (non-hydrogen) atoms. The van der Waals surface area contributed by atoms with Crippen LogP contribution in [0.2, 0.25) is 0 Å². The molecule has 0 radical (unpaired) electrons. The van der Waals surface area contributed by atoms with Gasteiger partial charge in [-0.25, -0.2) is 14.6 Å². The summed E-state index contributed by atoms with van der Waals surface area (Å²) >= 11 is 1.09. The van der Waals surface area contributed by atoms with Crippen molar-refractivity contribution < 1.29 is 62.5 Å². The number of thiazole rings is 1. The minimum absolute atomic E-state index is 0.00962. The molecule has 0 aliphatic carbocycles. The van der Waals surface area contributed by atoms with Crippen LogP contribution in [0.25, 0.3) is 0 Å². The Morgan fingerprint density at radius 3 is 2.12 bits per heavy atom. The van der Waals surface area contributed by atoms with Crippen molar-refractivity contribution in [3.63, 3.8) is 0 Å². The Balaban J connectivity index is 1.77. The fourth-order valence-corrected chi connectivity index (χ4v) is 11.7. The molecule has 1 aromatic carbocycles. The molecule has 0 bridgehead atoms. The first kappa shape index (κ1) is 80.3. The number of rotatable bonds is 41. The number of primary amides is 1. The summed E-state index contributed by atoms with van der Waals surface area (Å²) in [6.45, 7) is 22.3. The van der Waals surface area contributed by atoms with E-state index in [1.54, 1.807) is 63.9 Å². The number of carbonyl (C=O) groups is 10. The first-order valence-electron chi connectivity index (χ1n) is 33.0. The molecule has 1 aliphatic heterocycles. The van der Waals surface area contributed by atoms with Crippen molar-refractivity contribution >= 4 is 76.5 Å². The second kappa shape index (κ2) is 39.7. The van der Waals surface area contributed by atoms with Crippen LogP contribution in [0.3, 0.4) is 0 Å².